The van der Waals surface area contributed by atoms with Gasteiger partial charge in [0.05, 0.1) is 17.4 Å². The van der Waals surface area contributed by atoms with E-state index < -0.39 is 5.60 Å². The van der Waals surface area contributed by atoms with E-state index in [2.05, 4.69) is 32.1 Å². The molecule has 0 aliphatic carbocycles. The van der Waals surface area contributed by atoms with Crippen molar-refractivity contribution < 1.29 is 14.7 Å². The van der Waals surface area contributed by atoms with Crippen molar-refractivity contribution in [2.75, 3.05) is 18.8 Å². The molecule has 1 aliphatic rings. The van der Waals surface area contributed by atoms with Crippen LogP contribution in [0.2, 0.25) is 0 Å². The largest absolute Gasteiger partial charge is 0.378 e. The number of hydrogen-bond donors (Lipinski definition) is 3. The highest BCUT2D eigenvalue weighted by molar-refractivity contribution is 6.01. The lowest BCUT2D eigenvalue weighted by molar-refractivity contribution is -0.118. The van der Waals surface area contributed by atoms with Crippen LogP contribution < -0.4 is 11.1 Å². The van der Waals surface area contributed by atoms with Crippen LogP contribution in [-0.2, 0) is 11.3 Å². The van der Waals surface area contributed by atoms with Crippen molar-refractivity contribution in [3.63, 3.8) is 0 Å². The molecule has 0 bridgehead atoms. The summed E-state index contributed by atoms with van der Waals surface area (Å²) in [5.74, 6) is 5.56. The lowest BCUT2D eigenvalue weighted by Crippen LogP contribution is -2.29. The van der Waals surface area contributed by atoms with Crippen LogP contribution in [0.4, 0.5) is 10.7 Å². The van der Waals surface area contributed by atoms with E-state index in [1.807, 2.05) is 16.8 Å². The predicted molar refractivity (Wildman–Crippen MR) is 118 cm³/mol. The molecule has 1 fully saturated rings. The summed E-state index contributed by atoms with van der Waals surface area (Å²) < 4.78 is 2.03. The molecule has 164 valence electrons. The Morgan fingerprint density at radius 3 is 2.78 bits per heavy atom. The topological polar surface area (TPSA) is 139 Å². The van der Waals surface area contributed by atoms with Crippen molar-refractivity contribution in [2.24, 2.45) is 0 Å². The summed E-state index contributed by atoms with van der Waals surface area (Å²) in [6, 6.07) is 3.27. The number of nitrogens with one attached hydrogen (secondary N) is 1. The summed E-state index contributed by atoms with van der Waals surface area (Å²) >= 11 is 0. The molecule has 0 saturated carbocycles. The fourth-order valence-corrected chi connectivity index (χ4v) is 3.48. The molecular formula is C22H23N7O3. The Hall–Kier alpha value is -3.97. The molecule has 10 heteroatoms. The number of carbonyl (C=O) groups is 2. The molecule has 0 atom stereocenters. The van der Waals surface area contributed by atoms with Gasteiger partial charge in [0.15, 0.2) is 0 Å². The lowest BCUT2D eigenvalue weighted by atomic mass is 10.1. The van der Waals surface area contributed by atoms with Gasteiger partial charge in [-0.15, -0.1) is 0 Å². The maximum Gasteiger partial charge on any atom is 0.324 e. The van der Waals surface area contributed by atoms with Crippen molar-refractivity contribution >= 4 is 28.8 Å². The van der Waals surface area contributed by atoms with Gasteiger partial charge in [0.25, 0.3) is 0 Å². The minimum atomic E-state index is -1.13. The van der Waals surface area contributed by atoms with Crippen molar-refractivity contribution in [1.29, 1.82) is 0 Å². The Labute approximate surface area is 184 Å². The number of pyridine rings is 1. The second-order valence-electron chi connectivity index (χ2n) is 8.06. The Kier molecular flexibility index (Phi) is 5.50. The molecule has 4 heterocycles. The van der Waals surface area contributed by atoms with Gasteiger partial charge in [-0.2, -0.15) is 0 Å². The number of aromatic nitrogens is 4. The van der Waals surface area contributed by atoms with Crippen molar-refractivity contribution in [1.82, 2.24) is 29.7 Å². The van der Waals surface area contributed by atoms with E-state index in [9.17, 15) is 14.7 Å². The summed E-state index contributed by atoms with van der Waals surface area (Å²) in [7, 11) is 0. The Bertz CT molecular complexity index is 1260. The zero-order valence-electron chi connectivity index (χ0n) is 17.8. The quantitative estimate of drug-likeness (QED) is 0.405. The van der Waals surface area contributed by atoms with Gasteiger partial charge in [0.2, 0.25) is 11.9 Å². The van der Waals surface area contributed by atoms with E-state index >= 15 is 0 Å². The fraction of sp³-hybridized carbons (Fsp3) is 0.318. The number of nitrogens with two attached hydrogens (primary N) is 1. The standard InChI is InChI=1S/C22H23N7O3/c1-22(2,32)6-4-14-10-15-16(17-5-7-24-20(23)26-17)12-28(18(15)11-25-14)8-3-9-29-13-19(30)27-21(29)31/h5,7,10-12,32H,3,8-9,13H2,1-2H3,(H2,23,24,26)(H,27,30,31). The van der Waals surface area contributed by atoms with Crippen LogP contribution in [-0.4, -0.2) is 60.2 Å². The first-order valence-electron chi connectivity index (χ1n) is 10.1. The lowest BCUT2D eigenvalue weighted by Gasteiger charge is -2.13. The molecular weight excluding hydrogens is 410 g/mol. The Morgan fingerprint density at radius 1 is 1.28 bits per heavy atom. The second kappa shape index (κ2) is 8.28. The first-order chi connectivity index (χ1) is 15.2. The molecule has 0 spiro atoms. The van der Waals surface area contributed by atoms with Gasteiger partial charge in [0, 0.05) is 36.4 Å². The van der Waals surface area contributed by atoms with Gasteiger partial charge in [0.1, 0.15) is 17.8 Å². The zero-order valence-corrected chi connectivity index (χ0v) is 17.8. The number of hydrogen-bond acceptors (Lipinski definition) is 7. The van der Waals surface area contributed by atoms with E-state index in [1.54, 1.807) is 32.3 Å². The maximum atomic E-state index is 11.8. The number of aryl methyl sites for hydroxylation is 1. The average molecular weight is 433 g/mol. The average Bonchev–Trinajstić information content (AvgIpc) is 3.25. The Morgan fingerprint density at radius 2 is 2.09 bits per heavy atom. The van der Waals surface area contributed by atoms with Gasteiger partial charge in [-0.25, -0.2) is 19.7 Å². The highest BCUT2D eigenvalue weighted by Gasteiger charge is 2.25. The third-order valence-electron chi connectivity index (χ3n) is 4.91. The number of urea groups is 1. The summed E-state index contributed by atoms with van der Waals surface area (Å²) in [4.78, 5) is 37.3. The van der Waals surface area contributed by atoms with Crippen LogP contribution in [0, 0.1) is 11.8 Å². The molecule has 1 saturated heterocycles. The fourth-order valence-electron chi connectivity index (χ4n) is 3.48. The summed E-state index contributed by atoms with van der Waals surface area (Å²) in [6.45, 7) is 4.36. The van der Waals surface area contributed by atoms with E-state index in [4.69, 9.17) is 5.73 Å². The van der Waals surface area contributed by atoms with Crippen LogP contribution in [0.5, 0.6) is 0 Å². The van der Waals surface area contributed by atoms with Crippen LogP contribution in [0.15, 0.2) is 30.7 Å². The Balaban J connectivity index is 1.67. The minimum absolute atomic E-state index is 0.0848. The summed E-state index contributed by atoms with van der Waals surface area (Å²) in [5, 5.41) is 13.1. The number of amides is 3. The smallest absolute Gasteiger partial charge is 0.324 e. The van der Waals surface area contributed by atoms with Crippen LogP contribution in [0.1, 0.15) is 26.0 Å². The minimum Gasteiger partial charge on any atom is -0.378 e. The van der Waals surface area contributed by atoms with E-state index in [0.29, 0.717) is 30.9 Å². The van der Waals surface area contributed by atoms with Gasteiger partial charge in [-0.05, 0) is 38.3 Å². The third-order valence-corrected chi connectivity index (χ3v) is 4.91. The van der Waals surface area contributed by atoms with Gasteiger partial charge >= 0.3 is 6.03 Å². The first-order valence-corrected chi connectivity index (χ1v) is 10.1. The number of imide groups is 1. The highest BCUT2D eigenvalue weighted by atomic mass is 16.3. The van der Waals surface area contributed by atoms with Crippen molar-refractivity contribution in [2.45, 2.75) is 32.4 Å². The number of carbonyl (C=O) groups excluding carboxylic acids is 2. The molecule has 0 radical (unpaired) electrons. The van der Waals surface area contributed by atoms with Crippen LogP contribution in [0.25, 0.3) is 22.2 Å². The molecule has 10 nitrogen and oxygen atoms in total. The summed E-state index contributed by atoms with van der Waals surface area (Å²) in [6.07, 6.45) is 5.93. The predicted octanol–water partition coefficient (Wildman–Crippen LogP) is 1.14. The molecule has 4 N–H and O–H groups in total. The van der Waals surface area contributed by atoms with Crippen molar-refractivity contribution in [3.05, 3.63) is 36.4 Å². The van der Waals surface area contributed by atoms with Gasteiger partial charge < -0.3 is 20.3 Å². The van der Waals surface area contributed by atoms with Crippen LogP contribution >= 0.6 is 0 Å². The highest BCUT2D eigenvalue weighted by Crippen LogP contribution is 2.30. The van der Waals surface area contributed by atoms with E-state index in [0.717, 1.165) is 16.5 Å². The van der Waals surface area contributed by atoms with Crippen LogP contribution in [0.3, 0.4) is 0 Å². The number of fused-ring (bicyclic) bond motifs is 1. The first kappa shape index (κ1) is 21.3. The maximum absolute atomic E-state index is 11.8. The number of nitrogens with zero attached hydrogens (tertiary/aromatic N) is 5. The third kappa shape index (κ3) is 4.68. The monoisotopic (exact) mass is 433 g/mol. The normalized spacial score (nSPS) is 13.9. The van der Waals surface area contributed by atoms with Gasteiger partial charge in [-0.1, -0.05) is 5.92 Å². The molecule has 0 unspecified atom stereocenters. The van der Waals surface area contributed by atoms with E-state index in [1.165, 1.54) is 4.90 Å². The molecule has 4 rings (SSSR count). The van der Waals surface area contributed by atoms with Gasteiger partial charge in [-0.3, -0.25) is 10.1 Å². The summed E-state index contributed by atoms with van der Waals surface area (Å²) in [5.41, 5.74) is 7.55. The number of anilines is 1. The van der Waals surface area contributed by atoms with E-state index in [-0.39, 0.29) is 24.4 Å². The zero-order chi connectivity index (χ0) is 22.9. The van der Waals surface area contributed by atoms with Crippen molar-refractivity contribution in [3.8, 4) is 23.1 Å². The molecule has 0 aromatic carbocycles. The SMILES string of the molecule is CC(C)(O)C#Cc1cc2c(-c3ccnc(N)n3)cn(CCCN3CC(=O)NC3=O)c2cn1. The number of aliphatic hydroxyl groups is 1. The molecule has 1 aliphatic heterocycles. The molecule has 32 heavy (non-hydrogen) atoms. The number of rotatable bonds is 5. The second-order valence-corrected chi connectivity index (χ2v) is 8.06. The molecule has 3 aromatic heterocycles. The molecule has 3 aromatic rings. The molecule has 3 amide bonds. The number of nitrogen functional groups attached to an aromatic ring is 1.